The summed E-state index contributed by atoms with van der Waals surface area (Å²) in [6.07, 6.45) is 15.1. The monoisotopic (exact) mass is 860 g/mol. The van der Waals surface area contributed by atoms with E-state index in [0.717, 1.165) is 33.4 Å². The number of ketones is 2. The Morgan fingerprint density at radius 3 is 1.13 bits per heavy atom. The molecule has 0 aromatic rings. The molecule has 2 rings (SSSR count). The van der Waals surface area contributed by atoms with Gasteiger partial charge in [-0.2, -0.15) is 0 Å². The molecule has 14 heteroatoms. The topological polar surface area (TPSA) is 242 Å². The van der Waals surface area contributed by atoms with Crippen molar-refractivity contribution in [2.24, 2.45) is 10.8 Å². The molecule has 0 radical (unpaired) electrons. The van der Waals surface area contributed by atoms with Gasteiger partial charge in [-0.3, -0.25) is 9.59 Å². The number of allylic oxidation sites excluding steroid dienone is 20. The van der Waals surface area contributed by atoms with Crippen molar-refractivity contribution >= 4 is 35.4 Å². The number of hydrogen-bond donors (Lipinski definition) is 6. The standard InChI is InChI=1S/C48H60O14/c1-27(17-13-19-29(3)21-23-33-31(5)37(49)35(25-47(33,7)8)61-45(59)41(53)39(51)43(55)56)15-11-12-16-28(2)18-14-20-30(4)22-24-34-32(6)38(50)36(26-48(34,9)10)62-46(60)42(54)40(52)44(57)58/h11-24,35-36,39-42,51-54H,25-26H2,1-10H3,(H,55,56)(H,57,58). The van der Waals surface area contributed by atoms with E-state index in [9.17, 15) is 49.2 Å². The largest absolute Gasteiger partial charge is 0.479 e. The van der Waals surface area contributed by atoms with E-state index in [1.807, 2.05) is 140 Å². The summed E-state index contributed by atoms with van der Waals surface area (Å²) in [6, 6.07) is 0. The van der Waals surface area contributed by atoms with Gasteiger partial charge in [-0.05, 0) is 74.7 Å². The summed E-state index contributed by atoms with van der Waals surface area (Å²) in [6.45, 7) is 18.5. The van der Waals surface area contributed by atoms with Crippen LogP contribution in [0.25, 0.3) is 0 Å². The van der Waals surface area contributed by atoms with E-state index in [-0.39, 0.29) is 12.8 Å². The first-order valence-corrected chi connectivity index (χ1v) is 19.9. The molecule has 0 fully saturated rings. The highest BCUT2D eigenvalue weighted by molar-refractivity contribution is 6.03. The minimum absolute atomic E-state index is 0.100. The van der Waals surface area contributed by atoms with Crippen LogP contribution in [0, 0.1) is 10.8 Å². The highest BCUT2D eigenvalue weighted by Crippen LogP contribution is 2.42. The minimum Gasteiger partial charge on any atom is -0.479 e. The van der Waals surface area contributed by atoms with Crippen LogP contribution >= 0.6 is 0 Å². The Morgan fingerprint density at radius 1 is 0.532 bits per heavy atom. The molecule has 14 nitrogen and oxygen atoms in total. The summed E-state index contributed by atoms with van der Waals surface area (Å²) in [5.74, 6) is -7.30. The number of Topliss-reactive ketones (excluding diaryl/α,β-unsaturated/α-hetero) is 2. The lowest BCUT2D eigenvalue weighted by Crippen LogP contribution is -2.45. The Labute approximate surface area is 362 Å². The minimum atomic E-state index is -2.37. The second-order valence-corrected chi connectivity index (χ2v) is 16.7. The summed E-state index contributed by atoms with van der Waals surface area (Å²) in [4.78, 5) is 72.3. The molecule has 0 saturated heterocycles. The molecule has 6 N–H and O–H groups in total. The Hall–Kier alpha value is -5.80. The van der Waals surface area contributed by atoms with Crippen molar-refractivity contribution in [3.05, 3.63) is 130 Å². The van der Waals surface area contributed by atoms with Gasteiger partial charge in [-0.15, -0.1) is 0 Å². The second kappa shape index (κ2) is 22.9. The fraction of sp³-hybridized carbons (Fsp3) is 0.417. The Bertz CT molecular complexity index is 1960. The molecule has 6 atom stereocenters. The summed E-state index contributed by atoms with van der Waals surface area (Å²) in [5.41, 5.74) is 4.84. The maximum Gasteiger partial charge on any atom is 0.339 e. The fourth-order valence-corrected chi connectivity index (χ4v) is 6.70. The summed E-state index contributed by atoms with van der Waals surface area (Å²) < 4.78 is 10.2. The van der Waals surface area contributed by atoms with Crippen LogP contribution < -0.4 is 0 Å². The molecule has 0 aromatic carbocycles. The van der Waals surface area contributed by atoms with Gasteiger partial charge in [-0.25, -0.2) is 19.2 Å². The molecule has 62 heavy (non-hydrogen) atoms. The molecule has 336 valence electrons. The molecule has 0 aliphatic heterocycles. The average Bonchev–Trinajstić information content (AvgIpc) is 3.18. The lowest BCUT2D eigenvalue weighted by Gasteiger charge is -2.36. The van der Waals surface area contributed by atoms with Crippen LogP contribution in [0.2, 0.25) is 0 Å². The number of carbonyl (C=O) groups is 6. The smallest absolute Gasteiger partial charge is 0.339 e. The Kier molecular flexibility index (Phi) is 19.3. The lowest BCUT2D eigenvalue weighted by molar-refractivity contribution is -0.175. The molecule has 0 spiro atoms. The van der Waals surface area contributed by atoms with Crippen LogP contribution in [0.5, 0.6) is 0 Å². The molecular formula is C48H60O14. The Balaban J connectivity index is 2.01. The highest BCUT2D eigenvalue weighted by Gasteiger charge is 2.43. The SMILES string of the molecule is CC(C=CC=C(C)C=CC1=C(C)C(=O)C(OC(=O)C(O)C(O)C(=O)O)CC1(C)C)=CC=CC=C(C)C=CC=C(C)C=CC1=C(C)C(=O)C(OC(=O)C(O)C(O)C(=O)O)CC1(C)C. The van der Waals surface area contributed by atoms with Crippen molar-refractivity contribution in [2.45, 2.75) is 119 Å². The normalized spacial score (nSPS) is 22.6. The van der Waals surface area contributed by atoms with E-state index >= 15 is 0 Å². The van der Waals surface area contributed by atoms with E-state index in [2.05, 4.69) is 0 Å². The third kappa shape index (κ3) is 15.0. The number of hydrogen-bond acceptors (Lipinski definition) is 12. The van der Waals surface area contributed by atoms with Crippen molar-refractivity contribution in [3.8, 4) is 0 Å². The van der Waals surface area contributed by atoms with Gasteiger partial charge < -0.3 is 40.1 Å². The van der Waals surface area contributed by atoms with Gasteiger partial charge in [0.25, 0.3) is 0 Å². The van der Waals surface area contributed by atoms with E-state index in [1.165, 1.54) is 0 Å². The first-order valence-electron chi connectivity index (χ1n) is 19.9. The van der Waals surface area contributed by atoms with Crippen LogP contribution in [0.3, 0.4) is 0 Å². The number of carboxylic acid groups (broad SMARTS) is 2. The van der Waals surface area contributed by atoms with Crippen LogP contribution in [0.4, 0.5) is 0 Å². The maximum absolute atomic E-state index is 13.0. The molecule has 0 amide bonds. The van der Waals surface area contributed by atoms with Gasteiger partial charge in [0.15, 0.2) is 48.2 Å². The molecule has 0 aromatic heterocycles. The molecular weight excluding hydrogens is 801 g/mol. The van der Waals surface area contributed by atoms with E-state index in [1.54, 1.807) is 13.8 Å². The summed E-state index contributed by atoms with van der Waals surface area (Å²) in [7, 11) is 0. The third-order valence-corrected chi connectivity index (χ3v) is 10.4. The van der Waals surface area contributed by atoms with Crippen molar-refractivity contribution < 1.29 is 68.9 Å². The quantitative estimate of drug-likeness (QED) is 0.0724. The van der Waals surface area contributed by atoms with Crippen molar-refractivity contribution in [1.29, 1.82) is 0 Å². The summed E-state index contributed by atoms with van der Waals surface area (Å²) in [5, 5.41) is 56.2. The molecule has 2 aliphatic rings. The predicted molar refractivity (Wildman–Crippen MR) is 232 cm³/mol. The van der Waals surface area contributed by atoms with Gasteiger partial charge in [-0.1, -0.05) is 135 Å². The second-order valence-electron chi connectivity index (χ2n) is 16.7. The lowest BCUT2D eigenvalue weighted by atomic mass is 9.71. The number of aliphatic hydroxyl groups excluding tert-OH is 4. The first-order chi connectivity index (χ1) is 28.7. The molecule has 0 bridgehead atoms. The molecule has 0 heterocycles. The van der Waals surface area contributed by atoms with Gasteiger partial charge in [0.05, 0.1) is 0 Å². The van der Waals surface area contributed by atoms with Crippen LogP contribution in [0.15, 0.2) is 130 Å². The van der Waals surface area contributed by atoms with Gasteiger partial charge in [0.2, 0.25) is 0 Å². The third-order valence-electron chi connectivity index (χ3n) is 10.4. The molecule has 6 unspecified atom stereocenters. The van der Waals surface area contributed by atoms with Gasteiger partial charge in [0.1, 0.15) is 0 Å². The van der Waals surface area contributed by atoms with Crippen molar-refractivity contribution in [3.63, 3.8) is 0 Å². The first kappa shape index (κ1) is 52.3. The predicted octanol–water partition coefficient (Wildman–Crippen LogP) is 5.62. The van der Waals surface area contributed by atoms with Crippen LogP contribution in [0.1, 0.15) is 82.1 Å². The highest BCUT2D eigenvalue weighted by atomic mass is 16.6. The van der Waals surface area contributed by atoms with E-state index < -0.39 is 82.9 Å². The number of rotatable bonds is 18. The van der Waals surface area contributed by atoms with Gasteiger partial charge >= 0.3 is 23.9 Å². The summed E-state index contributed by atoms with van der Waals surface area (Å²) >= 11 is 0. The van der Waals surface area contributed by atoms with E-state index in [0.29, 0.717) is 11.1 Å². The van der Waals surface area contributed by atoms with Crippen molar-refractivity contribution in [2.75, 3.05) is 0 Å². The average molecular weight is 861 g/mol. The fourth-order valence-electron chi connectivity index (χ4n) is 6.70. The van der Waals surface area contributed by atoms with Gasteiger partial charge in [0, 0.05) is 12.8 Å². The van der Waals surface area contributed by atoms with Crippen LogP contribution in [-0.2, 0) is 38.2 Å². The zero-order valence-corrected chi connectivity index (χ0v) is 36.9. The molecule has 2 aliphatic carbocycles. The zero-order valence-electron chi connectivity index (χ0n) is 36.9. The zero-order chi connectivity index (χ0) is 47.3. The molecule has 0 saturated carbocycles. The number of carbonyl (C=O) groups excluding carboxylic acids is 4. The maximum atomic E-state index is 13.0. The number of aliphatic carboxylic acids is 2. The Morgan fingerprint density at radius 2 is 0.823 bits per heavy atom. The van der Waals surface area contributed by atoms with E-state index in [4.69, 9.17) is 19.7 Å². The van der Waals surface area contributed by atoms with Crippen LogP contribution in [-0.4, -0.2) is 103 Å². The number of aliphatic hydroxyl groups is 4. The number of ether oxygens (including phenoxy) is 2. The number of esters is 2. The van der Waals surface area contributed by atoms with Crippen molar-refractivity contribution in [1.82, 2.24) is 0 Å². The number of carboxylic acids is 2.